The van der Waals surface area contributed by atoms with E-state index < -0.39 is 26.6 Å². The molecule has 1 rings (SSSR count). The van der Waals surface area contributed by atoms with Gasteiger partial charge in [0.1, 0.15) is 0 Å². The number of hydrogen-bond acceptors (Lipinski definition) is 4. The summed E-state index contributed by atoms with van der Waals surface area (Å²) in [6.07, 6.45) is -3.64. The van der Waals surface area contributed by atoms with Gasteiger partial charge in [0.2, 0.25) is 0 Å². The highest BCUT2D eigenvalue weighted by atomic mass is 80.0. The fourth-order valence-corrected chi connectivity index (χ4v) is 1.65. The zero-order chi connectivity index (χ0) is 15.8. The third-order valence-electron chi connectivity index (χ3n) is 2.35. The van der Waals surface area contributed by atoms with Crippen molar-refractivity contribution in [1.29, 1.82) is 0 Å². The van der Waals surface area contributed by atoms with E-state index in [1.165, 1.54) is 12.1 Å². The Balaban J connectivity index is 0. The van der Waals surface area contributed by atoms with E-state index >= 15 is 0 Å². The molecular weight excluding hydrogens is 378 g/mol. The number of hydrogen-bond donors (Lipinski definition) is 2. The third kappa shape index (κ3) is 11.9. The van der Waals surface area contributed by atoms with E-state index in [9.17, 15) is 13.2 Å². The molecule has 9 heteroatoms. The molecule has 0 aliphatic heterocycles. The van der Waals surface area contributed by atoms with Gasteiger partial charge in [-0.1, -0.05) is 25.1 Å². The molecule has 0 aromatic heterocycles. The summed E-state index contributed by atoms with van der Waals surface area (Å²) in [6.45, 7) is 4.76. The van der Waals surface area contributed by atoms with Crippen LogP contribution in [0.3, 0.4) is 0 Å². The summed E-state index contributed by atoms with van der Waals surface area (Å²) in [7, 11) is 0. The van der Waals surface area contributed by atoms with E-state index in [1.807, 2.05) is 13.8 Å². The van der Waals surface area contributed by atoms with Crippen molar-refractivity contribution in [2.75, 3.05) is 6.54 Å². The van der Waals surface area contributed by atoms with Gasteiger partial charge in [-0.05, 0) is 35.7 Å². The Morgan fingerprint density at radius 2 is 1.86 bits per heavy atom. The highest BCUT2D eigenvalue weighted by Gasteiger charge is 2.30. The van der Waals surface area contributed by atoms with E-state index in [4.69, 9.17) is 12.6 Å². The second-order valence-electron chi connectivity index (χ2n) is 4.06. The van der Waals surface area contributed by atoms with Gasteiger partial charge in [0.15, 0.2) is 0 Å². The first-order chi connectivity index (χ1) is 9.16. The summed E-state index contributed by atoms with van der Waals surface area (Å²) in [5.41, 5.74) is 0.136. The van der Waals surface area contributed by atoms with Crippen LogP contribution in [0.5, 0.6) is 0 Å². The Kier molecular flexibility index (Phi) is 12.2. The Morgan fingerprint density at radius 3 is 2.29 bits per heavy atom. The summed E-state index contributed by atoms with van der Waals surface area (Å²) < 4.78 is 61.6. The van der Waals surface area contributed by atoms with Crippen molar-refractivity contribution in [3.05, 3.63) is 35.4 Å². The number of alkyl halides is 3. The van der Waals surface area contributed by atoms with Crippen molar-refractivity contribution in [3.8, 4) is 0 Å². The molecule has 0 aliphatic carbocycles. The standard InChI is InChI=1S/C12H16F3N.BrHO3.ClH/c1-3-16-9(2)7-10-5-4-6-11(8-10)12(13,14)15;2-1(3)4;/h4-6,8-9,16H,3,7H2,1-2H3;2H;1H. The molecule has 124 valence electrons. The lowest BCUT2D eigenvalue weighted by molar-refractivity contribution is -1.63. The van der Waals surface area contributed by atoms with E-state index in [1.54, 1.807) is 6.07 Å². The third-order valence-corrected chi connectivity index (χ3v) is 2.35. The molecule has 0 radical (unpaired) electrons. The van der Waals surface area contributed by atoms with Crippen molar-refractivity contribution in [3.63, 3.8) is 0 Å². The fraction of sp³-hybridized carbons (Fsp3) is 0.500. The normalized spacial score (nSPS) is 12.2. The SMILES string of the molecule is CCNC(C)Cc1cccc(C(F)(F)F)c1.Cl.[O-][Br+2]([O-])O. The van der Waals surface area contributed by atoms with Crippen LogP contribution in [0.4, 0.5) is 13.2 Å². The minimum atomic E-state index is -4.25. The maximum absolute atomic E-state index is 12.4. The Hall–Kier alpha value is -0.380. The molecule has 0 aliphatic rings. The van der Waals surface area contributed by atoms with Gasteiger partial charge in [0, 0.05) is 6.04 Å². The molecule has 0 fully saturated rings. The molecule has 1 aromatic carbocycles. The van der Waals surface area contributed by atoms with Crippen molar-refractivity contribution >= 4 is 12.4 Å². The number of halogens is 5. The Bertz CT molecular complexity index is 392. The highest BCUT2D eigenvalue weighted by Crippen LogP contribution is 2.29. The van der Waals surface area contributed by atoms with Gasteiger partial charge in [-0.2, -0.15) is 13.2 Å². The second-order valence-corrected chi connectivity index (χ2v) is 4.91. The lowest BCUT2D eigenvalue weighted by atomic mass is 10.0. The predicted octanol–water partition coefficient (Wildman–Crippen LogP) is 0.733. The quantitative estimate of drug-likeness (QED) is 0.787. The van der Waals surface area contributed by atoms with Crippen LogP contribution in [-0.4, -0.2) is 16.8 Å². The molecule has 0 saturated carbocycles. The maximum Gasteiger partial charge on any atom is 0.433 e. The van der Waals surface area contributed by atoms with Crippen LogP contribution in [0.25, 0.3) is 0 Å². The number of benzene rings is 1. The van der Waals surface area contributed by atoms with E-state index in [2.05, 4.69) is 5.32 Å². The van der Waals surface area contributed by atoms with Crippen LogP contribution in [0, 0.1) is 14.8 Å². The largest absolute Gasteiger partial charge is 0.433 e. The highest BCUT2D eigenvalue weighted by molar-refractivity contribution is 5.85. The molecule has 1 aromatic rings. The van der Waals surface area contributed by atoms with Gasteiger partial charge >= 0.3 is 21.0 Å². The predicted molar refractivity (Wildman–Crippen MR) is 67.8 cm³/mol. The lowest BCUT2D eigenvalue weighted by Crippen LogP contribution is -2.30. The Labute approximate surface area is 133 Å². The smallest absolute Gasteiger partial charge is 0.372 e. The minimum Gasteiger partial charge on any atom is -0.372 e. The first-order valence-corrected chi connectivity index (χ1v) is 7.81. The summed E-state index contributed by atoms with van der Waals surface area (Å²) in [6, 6.07) is 5.68. The lowest BCUT2D eigenvalue weighted by Gasteiger charge is -2.13. The van der Waals surface area contributed by atoms with Crippen LogP contribution in [0.15, 0.2) is 24.3 Å². The summed E-state index contributed by atoms with van der Waals surface area (Å²) in [4.78, 5) is 0. The van der Waals surface area contributed by atoms with Crippen LogP contribution in [-0.2, 0) is 12.6 Å². The molecule has 0 bridgehead atoms. The van der Waals surface area contributed by atoms with Crippen LogP contribution in [0.2, 0.25) is 0 Å². The molecule has 21 heavy (non-hydrogen) atoms. The van der Waals surface area contributed by atoms with Gasteiger partial charge in [0.25, 0.3) is 0 Å². The molecule has 0 saturated heterocycles. The zero-order valence-corrected chi connectivity index (χ0v) is 13.9. The second kappa shape index (κ2) is 11.2. The molecule has 0 spiro atoms. The van der Waals surface area contributed by atoms with Crippen molar-refractivity contribution in [2.24, 2.45) is 0 Å². The minimum absolute atomic E-state index is 0. The average Bonchev–Trinajstić information content (AvgIpc) is 2.27. The van der Waals surface area contributed by atoms with E-state index in [-0.39, 0.29) is 18.4 Å². The average molecular weight is 397 g/mol. The maximum atomic E-state index is 12.4. The molecule has 0 amide bonds. The van der Waals surface area contributed by atoms with Gasteiger partial charge in [0.05, 0.1) is 5.56 Å². The zero-order valence-electron chi connectivity index (χ0n) is 11.5. The number of likely N-dealkylation sites (N-methyl/N-ethyl adjacent to an activating group) is 1. The summed E-state index contributed by atoms with van der Waals surface area (Å²) in [5.74, 6) is 0. The molecule has 1 unspecified atom stereocenters. The Morgan fingerprint density at radius 1 is 1.33 bits per heavy atom. The fourth-order valence-electron chi connectivity index (χ4n) is 1.65. The monoisotopic (exact) mass is 395 g/mol. The van der Waals surface area contributed by atoms with E-state index in [0.717, 1.165) is 12.6 Å². The summed E-state index contributed by atoms with van der Waals surface area (Å²) in [5, 5.41) is 3.17. The van der Waals surface area contributed by atoms with Crippen LogP contribution >= 0.6 is 12.4 Å². The molecule has 4 nitrogen and oxygen atoms in total. The van der Waals surface area contributed by atoms with Gasteiger partial charge in [-0.15, -0.1) is 12.4 Å². The molecule has 2 N–H and O–H groups in total. The van der Waals surface area contributed by atoms with Crippen LogP contribution < -0.4 is 13.7 Å². The summed E-state index contributed by atoms with van der Waals surface area (Å²) >= 11 is -3.40. The molecule has 0 heterocycles. The van der Waals surface area contributed by atoms with Gasteiger partial charge in [-0.25, -0.2) is 0 Å². The van der Waals surface area contributed by atoms with Crippen molar-refractivity contribution < 1.29 is 40.6 Å². The van der Waals surface area contributed by atoms with Crippen molar-refractivity contribution in [1.82, 2.24) is 5.32 Å². The first kappa shape index (κ1) is 22.9. The van der Waals surface area contributed by atoms with E-state index in [0.29, 0.717) is 12.0 Å². The molecule has 1 atom stereocenters. The van der Waals surface area contributed by atoms with Gasteiger partial charge in [-0.3, -0.25) is 0 Å². The number of rotatable bonds is 4. The van der Waals surface area contributed by atoms with Crippen LogP contribution in [0.1, 0.15) is 25.0 Å². The van der Waals surface area contributed by atoms with Crippen molar-refractivity contribution in [2.45, 2.75) is 32.5 Å². The molecular formula is C12H18BrClF3NO3. The topological polar surface area (TPSA) is 78.4 Å². The first-order valence-electron chi connectivity index (χ1n) is 5.80. The van der Waals surface area contributed by atoms with Gasteiger partial charge < -0.3 is 13.7 Å². The number of nitrogens with one attached hydrogen (secondary N) is 1.